The van der Waals surface area contributed by atoms with Gasteiger partial charge in [0.15, 0.2) is 0 Å². The summed E-state index contributed by atoms with van der Waals surface area (Å²) in [6, 6.07) is 8.84. The lowest BCUT2D eigenvalue weighted by Crippen LogP contribution is -2.46. The second-order valence-corrected chi connectivity index (χ2v) is 6.75. The molecular weight excluding hydrogens is 304 g/mol. The van der Waals surface area contributed by atoms with Crippen LogP contribution in [0.3, 0.4) is 0 Å². The molecule has 2 amide bonds. The summed E-state index contributed by atoms with van der Waals surface area (Å²) in [6.07, 6.45) is 2.40. The van der Waals surface area contributed by atoms with Crippen LogP contribution < -0.4 is 5.32 Å². The van der Waals surface area contributed by atoms with E-state index in [0.29, 0.717) is 25.9 Å². The van der Waals surface area contributed by atoms with E-state index in [1.165, 1.54) is 0 Å². The second kappa shape index (κ2) is 8.83. The molecule has 0 saturated carbocycles. The van der Waals surface area contributed by atoms with E-state index in [-0.39, 0.29) is 17.7 Å². The molecule has 1 aliphatic heterocycles. The molecule has 0 bridgehead atoms. The van der Waals surface area contributed by atoms with E-state index in [0.717, 1.165) is 18.4 Å². The highest BCUT2D eigenvalue weighted by Gasteiger charge is 2.32. The summed E-state index contributed by atoms with van der Waals surface area (Å²) in [5.74, 6) is 0.0235. The number of nitrogens with zero attached hydrogens (tertiary/aromatic N) is 1. The molecule has 1 aromatic rings. The van der Waals surface area contributed by atoms with E-state index in [1.807, 2.05) is 44.2 Å². The van der Waals surface area contributed by atoms with Crippen LogP contribution in [0.1, 0.15) is 51.1 Å². The van der Waals surface area contributed by atoms with Crippen LogP contribution in [-0.2, 0) is 9.59 Å². The van der Waals surface area contributed by atoms with Crippen molar-refractivity contribution in [3.8, 4) is 0 Å². The third kappa shape index (κ3) is 4.81. The smallest absolute Gasteiger partial charge is 0.247 e. The number of benzene rings is 1. The first-order chi connectivity index (χ1) is 11.5. The van der Waals surface area contributed by atoms with E-state index in [4.69, 9.17) is 0 Å². The Morgan fingerprint density at radius 1 is 1.25 bits per heavy atom. The van der Waals surface area contributed by atoms with Crippen molar-refractivity contribution in [1.29, 1.82) is 0 Å². The molecule has 2 atom stereocenters. The average Bonchev–Trinajstić information content (AvgIpc) is 2.57. The largest absolute Gasteiger partial charge is 0.393 e. The van der Waals surface area contributed by atoms with Gasteiger partial charge < -0.3 is 15.3 Å². The van der Waals surface area contributed by atoms with Gasteiger partial charge in [-0.15, -0.1) is 0 Å². The molecule has 24 heavy (non-hydrogen) atoms. The summed E-state index contributed by atoms with van der Waals surface area (Å²) in [5, 5.41) is 12.8. The van der Waals surface area contributed by atoms with E-state index < -0.39 is 12.1 Å². The molecule has 132 valence electrons. The minimum atomic E-state index is -0.588. The zero-order valence-electron chi connectivity index (χ0n) is 14.6. The Morgan fingerprint density at radius 2 is 1.96 bits per heavy atom. The summed E-state index contributed by atoms with van der Waals surface area (Å²) in [7, 11) is 0. The molecule has 2 rings (SSSR count). The highest BCUT2D eigenvalue weighted by Crippen LogP contribution is 2.25. The fourth-order valence-corrected chi connectivity index (χ4v) is 2.98. The molecule has 1 aromatic carbocycles. The lowest BCUT2D eigenvalue weighted by atomic mass is 10.00. The van der Waals surface area contributed by atoms with E-state index in [2.05, 4.69) is 5.32 Å². The van der Waals surface area contributed by atoms with Crippen molar-refractivity contribution < 1.29 is 14.7 Å². The van der Waals surface area contributed by atoms with E-state index in [1.54, 1.807) is 4.90 Å². The number of carbonyl (C=O) groups is 2. The van der Waals surface area contributed by atoms with Crippen LogP contribution >= 0.6 is 0 Å². The molecule has 1 saturated heterocycles. The first-order valence-electron chi connectivity index (χ1n) is 8.81. The Labute approximate surface area is 144 Å². The number of likely N-dealkylation sites (tertiary alicyclic amines) is 1. The van der Waals surface area contributed by atoms with Gasteiger partial charge in [-0.05, 0) is 30.7 Å². The van der Waals surface area contributed by atoms with Crippen molar-refractivity contribution in [3.63, 3.8) is 0 Å². The summed E-state index contributed by atoms with van der Waals surface area (Å²) >= 11 is 0. The third-order valence-corrected chi connectivity index (χ3v) is 4.54. The number of piperidine rings is 1. The standard InChI is InChI=1S/C19H28N2O3/c1-14(2)16(22)11-12-20-19(24)18(15-8-4-3-5-9-15)21-13-7-6-10-17(21)23/h3-5,8-9,14,16,18,22H,6-7,10-13H2,1-2H3,(H,20,24). The molecule has 0 radical (unpaired) electrons. The number of hydrogen-bond acceptors (Lipinski definition) is 3. The van der Waals surface area contributed by atoms with Crippen LogP contribution in [0.2, 0.25) is 0 Å². The molecule has 1 heterocycles. The second-order valence-electron chi connectivity index (χ2n) is 6.75. The van der Waals surface area contributed by atoms with Crippen molar-refractivity contribution in [1.82, 2.24) is 10.2 Å². The topological polar surface area (TPSA) is 69.6 Å². The van der Waals surface area contributed by atoms with Gasteiger partial charge in [0.05, 0.1) is 6.10 Å². The molecule has 1 fully saturated rings. The molecule has 1 aliphatic rings. The number of nitrogens with one attached hydrogen (secondary N) is 1. The van der Waals surface area contributed by atoms with Crippen LogP contribution in [0.15, 0.2) is 30.3 Å². The molecular formula is C19H28N2O3. The fraction of sp³-hybridized carbons (Fsp3) is 0.579. The highest BCUT2D eigenvalue weighted by molar-refractivity contribution is 5.89. The minimum Gasteiger partial charge on any atom is -0.393 e. The van der Waals surface area contributed by atoms with Gasteiger partial charge in [-0.3, -0.25) is 9.59 Å². The Hall–Kier alpha value is -1.88. The summed E-state index contributed by atoms with van der Waals surface area (Å²) in [4.78, 5) is 26.7. The lowest BCUT2D eigenvalue weighted by Gasteiger charge is -2.34. The van der Waals surface area contributed by atoms with Crippen molar-refractivity contribution in [2.75, 3.05) is 13.1 Å². The number of aliphatic hydroxyl groups excluding tert-OH is 1. The predicted molar refractivity (Wildman–Crippen MR) is 93.2 cm³/mol. The Balaban J connectivity index is 2.08. The first kappa shape index (κ1) is 18.5. The van der Waals surface area contributed by atoms with E-state index >= 15 is 0 Å². The van der Waals surface area contributed by atoms with Crippen LogP contribution in [0, 0.1) is 5.92 Å². The fourth-order valence-electron chi connectivity index (χ4n) is 2.98. The highest BCUT2D eigenvalue weighted by atomic mass is 16.3. The van der Waals surface area contributed by atoms with Crippen LogP contribution in [0.25, 0.3) is 0 Å². The van der Waals surface area contributed by atoms with Gasteiger partial charge in [0.2, 0.25) is 11.8 Å². The van der Waals surface area contributed by atoms with Crippen molar-refractivity contribution in [2.45, 2.75) is 51.7 Å². The Morgan fingerprint density at radius 3 is 2.58 bits per heavy atom. The number of carbonyl (C=O) groups excluding carboxylic acids is 2. The summed E-state index contributed by atoms with van der Waals surface area (Å²) < 4.78 is 0. The first-order valence-corrected chi connectivity index (χ1v) is 8.81. The van der Waals surface area contributed by atoms with Crippen LogP contribution in [0.4, 0.5) is 0 Å². The predicted octanol–water partition coefficient (Wildman–Crippen LogP) is 2.26. The minimum absolute atomic E-state index is 0.0347. The van der Waals surface area contributed by atoms with Gasteiger partial charge in [-0.25, -0.2) is 0 Å². The maximum Gasteiger partial charge on any atom is 0.247 e. The third-order valence-electron chi connectivity index (χ3n) is 4.54. The van der Waals surface area contributed by atoms with Crippen LogP contribution in [0.5, 0.6) is 0 Å². The maximum atomic E-state index is 12.8. The molecule has 2 N–H and O–H groups in total. The number of aliphatic hydroxyl groups is 1. The van der Waals surface area contributed by atoms with Gasteiger partial charge in [0, 0.05) is 19.5 Å². The van der Waals surface area contributed by atoms with Gasteiger partial charge in [0.25, 0.3) is 0 Å². The maximum absolute atomic E-state index is 12.8. The molecule has 0 aromatic heterocycles. The Kier molecular flexibility index (Phi) is 6.79. The zero-order chi connectivity index (χ0) is 17.5. The molecule has 2 unspecified atom stereocenters. The zero-order valence-corrected chi connectivity index (χ0v) is 14.6. The number of amides is 2. The molecule has 5 heteroatoms. The number of hydrogen-bond donors (Lipinski definition) is 2. The van der Waals surface area contributed by atoms with Gasteiger partial charge in [0.1, 0.15) is 6.04 Å². The van der Waals surface area contributed by atoms with Gasteiger partial charge in [-0.1, -0.05) is 44.2 Å². The average molecular weight is 332 g/mol. The molecule has 0 aliphatic carbocycles. The normalized spacial score (nSPS) is 17.7. The van der Waals surface area contributed by atoms with Crippen LogP contribution in [-0.4, -0.2) is 41.0 Å². The van der Waals surface area contributed by atoms with Crippen molar-refractivity contribution in [3.05, 3.63) is 35.9 Å². The molecule has 0 spiro atoms. The summed E-state index contributed by atoms with van der Waals surface area (Å²) in [6.45, 7) is 4.92. The molecule has 5 nitrogen and oxygen atoms in total. The SMILES string of the molecule is CC(C)C(O)CCNC(=O)C(c1ccccc1)N1CCCCC1=O. The number of rotatable bonds is 7. The quantitative estimate of drug-likeness (QED) is 0.805. The monoisotopic (exact) mass is 332 g/mol. The van der Waals surface area contributed by atoms with Gasteiger partial charge >= 0.3 is 0 Å². The summed E-state index contributed by atoms with van der Waals surface area (Å²) in [5.41, 5.74) is 0.828. The lowest BCUT2D eigenvalue weighted by molar-refractivity contribution is -0.142. The van der Waals surface area contributed by atoms with Crippen molar-refractivity contribution >= 4 is 11.8 Å². The van der Waals surface area contributed by atoms with Gasteiger partial charge in [-0.2, -0.15) is 0 Å². The van der Waals surface area contributed by atoms with E-state index in [9.17, 15) is 14.7 Å². The van der Waals surface area contributed by atoms with Crippen molar-refractivity contribution in [2.24, 2.45) is 5.92 Å². The Bertz CT molecular complexity index is 545.